The van der Waals surface area contributed by atoms with Gasteiger partial charge in [0.2, 0.25) is 11.9 Å². The highest BCUT2D eigenvalue weighted by molar-refractivity contribution is 7.92. The van der Waals surface area contributed by atoms with E-state index in [4.69, 9.17) is 33.6 Å². The van der Waals surface area contributed by atoms with E-state index < -0.39 is 27.4 Å². The number of benzene rings is 1. The third-order valence-electron chi connectivity index (χ3n) is 3.95. The summed E-state index contributed by atoms with van der Waals surface area (Å²) in [6.07, 6.45) is -0.0180. The number of oxime groups is 1. The van der Waals surface area contributed by atoms with Gasteiger partial charge in [-0.3, -0.25) is 14.3 Å². The molecular formula is C17H21ClN6O5S. The molecule has 0 saturated carbocycles. The first-order chi connectivity index (χ1) is 14.0. The third-order valence-corrected chi connectivity index (χ3v) is 5.80. The Balaban J connectivity index is 2.48. The lowest BCUT2D eigenvalue weighted by molar-refractivity contribution is -0.119. The second-order valence-corrected chi connectivity index (χ2v) is 8.30. The number of guanidine groups is 1. The molecule has 2 aromatic rings. The zero-order chi connectivity index (χ0) is 22.5. The number of aromatic nitrogens is 1. The Hall–Kier alpha value is -3.25. The zero-order valence-corrected chi connectivity index (χ0v) is 17.5. The summed E-state index contributed by atoms with van der Waals surface area (Å²) in [5.74, 6) is -2.18. The molecule has 0 fully saturated rings. The maximum atomic E-state index is 12.8. The topological polar surface area (TPSA) is 196 Å². The number of hydrogen-bond acceptors (Lipinski definition) is 6. The van der Waals surface area contributed by atoms with Gasteiger partial charge in [0.05, 0.1) is 10.9 Å². The van der Waals surface area contributed by atoms with Crippen molar-refractivity contribution in [3.63, 3.8) is 0 Å². The molecule has 162 valence electrons. The Kier molecular flexibility index (Phi) is 7.29. The number of carbonyl (C=O) groups is 1. The number of nitrogens with zero attached hydrogens (tertiary/aromatic N) is 1. The highest BCUT2D eigenvalue weighted by Gasteiger charge is 2.27. The Morgan fingerprint density at radius 3 is 2.57 bits per heavy atom. The minimum atomic E-state index is -4.24. The molecule has 0 aliphatic carbocycles. The van der Waals surface area contributed by atoms with Crippen LogP contribution in [0.3, 0.4) is 0 Å². The van der Waals surface area contributed by atoms with E-state index in [1.165, 1.54) is 24.3 Å². The molecule has 30 heavy (non-hydrogen) atoms. The van der Waals surface area contributed by atoms with Crippen molar-refractivity contribution in [2.75, 3.05) is 11.3 Å². The number of nitrogens with one attached hydrogen (secondary N) is 2. The monoisotopic (exact) mass is 456 g/mol. The van der Waals surface area contributed by atoms with Crippen LogP contribution >= 0.6 is 11.6 Å². The summed E-state index contributed by atoms with van der Waals surface area (Å²) in [4.78, 5) is 31.7. The van der Waals surface area contributed by atoms with Crippen molar-refractivity contribution in [1.82, 2.24) is 4.98 Å². The second kappa shape index (κ2) is 9.50. The average Bonchev–Trinajstić information content (AvgIpc) is 2.63. The molecule has 1 amide bonds. The Morgan fingerprint density at radius 2 is 1.97 bits per heavy atom. The van der Waals surface area contributed by atoms with Crippen LogP contribution < -0.4 is 27.5 Å². The van der Waals surface area contributed by atoms with E-state index in [0.29, 0.717) is 5.69 Å². The van der Waals surface area contributed by atoms with Crippen LogP contribution in [0.4, 0.5) is 5.69 Å². The van der Waals surface area contributed by atoms with Crippen molar-refractivity contribution in [1.29, 1.82) is 0 Å². The van der Waals surface area contributed by atoms with Crippen molar-refractivity contribution in [3.05, 3.63) is 57.0 Å². The van der Waals surface area contributed by atoms with Gasteiger partial charge in [0.25, 0.3) is 15.6 Å². The van der Waals surface area contributed by atoms with Gasteiger partial charge in [-0.25, -0.2) is 8.42 Å². The lowest BCUT2D eigenvalue weighted by Gasteiger charge is -2.18. The summed E-state index contributed by atoms with van der Waals surface area (Å²) in [7, 11) is -4.24. The minimum absolute atomic E-state index is 0.0180. The summed E-state index contributed by atoms with van der Waals surface area (Å²) in [6, 6.07) is 7.16. The van der Waals surface area contributed by atoms with Gasteiger partial charge in [0.1, 0.15) is 17.2 Å². The van der Waals surface area contributed by atoms with Crippen LogP contribution in [0, 0.1) is 6.92 Å². The standard InChI is InChI=1S/C17H21ClN6O5S/c1-9-8-11(10(15(19)25)6-7-29-23-17(20)21)14(16(26)22-9)24-30(27,28)13-5-3-2-4-12(13)18/h2-5,8,10,24H,6-7H2,1H3,(H2,19,25)(H,22,26)(H4,20,21,23). The summed E-state index contributed by atoms with van der Waals surface area (Å²) in [5.41, 5.74) is 15.2. The molecule has 0 spiro atoms. The van der Waals surface area contributed by atoms with Gasteiger partial charge >= 0.3 is 0 Å². The van der Waals surface area contributed by atoms with E-state index in [0.717, 1.165) is 0 Å². The number of amides is 1. The van der Waals surface area contributed by atoms with Crippen LogP contribution in [-0.2, 0) is 19.7 Å². The van der Waals surface area contributed by atoms with E-state index in [1.54, 1.807) is 13.0 Å². The molecule has 8 N–H and O–H groups in total. The molecule has 1 heterocycles. The SMILES string of the molecule is Cc1cc(C(CCON=C(N)N)C(N)=O)c(NS(=O)(=O)c2ccccc2Cl)c(=O)[nH]1. The first kappa shape index (κ1) is 23.0. The summed E-state index contributed by atoms with van der Waals surface area (Å²) >= 11 is 5.97. The summed E-state index contributed by atoms with van der Waals surface area (Å²) < 4.78 is 27.8. The highest BCUT2D eigenvalue weighted by Crippen LogP contribution is 2.28. The maximum absolute atomic E-state index is 12.8. The average molecular weight is 457 g/mol. The van der Waals surface area contributed by atoms with E-state index >= 15 is 0 Å². The smallest absolute Gasteiger partial charge is 0.272 e. The van der Waals surface area contributed by atoms with Crippen molar-refractivity contribution in [2.45, 2.75) is 24.2 Å². The molecule has 0 saturated heterocycles. The fourth-order valence-corrected chi connectivity index (χ4v) is 4.30. The number of aryl methyl sites for hydroxylation is 1. The molecular weight excluding hydrogens is 436 g/mol. The summed E-state index contributed by atoms with van der Waals surface area (Å²) in [5, 5.41) is 3.31. The van der Waals surface area contributed by atoms with Crippen molar-refractivity contribution in [2.24, 2.45) is 22.4 Å². The number of carbonyl (C=O) groups excluding carboxylic acids is 1. The highest BCUT2D eigenvalue weighted by atomic mass is 35.5. The number of halogens is 1. The van der Waals surface area contributed by atoms with Crippen molar-refractivity contribution in [3.8, 4) is 0 Å². The van der Waals surface area contributed by atoms with Crippen LogP contribution in [0.25, 0.3) is 0 Å². The number of anilines is 1. The number of aromatic amines is 1. The van der Waals surface area contributed by atoms with Crippen molar-refractivity contribution >= 4 is 39.2 Å². The van der Waals surface area contributed by atoms with Crippen LogP contribution in [-0.4, -0.2) is 31.9 Å². The van der Waals surface area contributed by atoms with E-state index in [-0.39, 0.29) is 40.2 Å². The lowest BCUT2D eigenvalue weighted by Crippen LogP contribution is -2.29. The molecule has 0 bridgehead atoms. The number of hydrogen-bond donors (Lipinski definition) is 5. The molecule has 13 heteroatoms. The number of sulfonamides is 1. The Morgan fingerprint density at radius 1 is 1.30 bits per heavy atom. The van der Waals surface area contributed by atoms with E-state index in [2.05, 4.69) is 14.9 Å². The Bertz CT molecular complexity index is 1130. The van der Waals surface area contributed by atoms with Gasteiger partial charge in [0, 0.05) is 5.69 Å². The number of H-pyrrole nitrogens is 1. The predicted octanol–water partition coefficient (Wildman–Crippen LogP) is 0.302. The first-order valence-corrected chi connectivity index (χ1v) is 10.4. The quantitative estimate of drug-likeness (QED) is 0.155. The van der Waals surface area contributed by atoms with Crippen LogP contribution in [0.15, 0.2) is 45.2 Å². The minimum Gasteiger partial charge on any atom is -0.393 e. The van der Waals surface area contributed by atoms with Gasteiger partial charge < -0.3 is 27.0 Å². The fraction of sp³-hybridized carbons (Fsp3) is 0.235. The molecule has 1 aromatic heterocycles. The van der Waals surface area contributed by atoms with Gasteiger partial charge in [-0.1, -0.05) is 23.7 Å². The maximum Gasteiger partial charge on any atom is 0.272 e. The van der Waals surface area contributed by atoms with Crippen molar-refractivity contribution < 1.29 is 18.0 Å². The van der Waals surface area contributed by atoms with Gasteiger partial charge in [-0.2, -0.15) is 0 Å². The molecule has 1 atom stereocenters. The number of primary amides is 1. The Labute approximate surface area is 177 Å². The number of rotatable bonds is 9. The van der Waals surface area contributed by atoms with Gasteiger partial charge in [-0.15, -0.1) is 0 Å². The molecule has 1 unspecified atom stereocenters. The first-order valence-electron chi connectivity index (χ1n) is 8.54. The van der Waals surface area contributed by atoms with E-state index in [9.17, 15) is 18.0 Å². The van der Waals surface area contributed by atoms with Crippen LogP contribution in [0.1, 0.15) is 23.6 Å². The molecule has 11 nitrogen and oxygen atoms in total. The molecule has 2 rings (SSSR count). The van der Waals surface area contributed by atoms with E-state index in [1.807, 2.05) is 0 Å². The normalized spacial score (nSPS) is 12.1. The molecule has 1 aromatic carbocycles. The predicted molar refractivity (Wildman–Crippen MR) is 112 cm³/mol. The van der Waals surface area contributed by atoms with Gasteiger partial charge in [-0.05, 0) is 42.3 Å². The second-order valence-electron chi connectivity index (χ2n) is 6.24. The largest absolute Gasteiger partial charge is 0.393 e. The molecule has 0 radical (unpaired) electrons. The van der Waals surface area contributed by atoms with Gasteiger partial charge in [0.15, 0.2) is 0 Å². The molecule has 0 aliphatic heterocycles. The molecule has 0 aliphatic rings. The van der Waals surface area contributed by atoms with Crippen LogP contribution in [0.5, 0.6) is 0 Å². The summed E-state index contributed by atoms with van der Waals surface area (Å²) in [6.45, 7) is 1.46. The lowest BCUT2D eigenvalue weighted by atomic mass is 9.94. The fourth-order valence-electron chi connectivity index (χ4n) is 2.69. The zero-order valence-electron chi connectivity index (χ0n) is 15.9. The number of nitrogens with two attached hydrogens (primary N) is 3. The third kappa shape index (κ3) is 5.64. The van der Waals surface area contributed by atoms with Crippen LogP contribution in [0.2, 0.25) is 5.02 Å². The number of pyridine rings is 1.